The van der Waals surface area contributed by atoms with Gasteiger partial charge in [-0.1, -0.05) is 36.4 Å². The molecule has 1 aliphatic heterocycles. The lowest BCUT2D eigenvalue weighted by Gasteiger charge is -2.32. The van der Waals surface area contributed by atoms with E-state index < -0.39 is 0 Å². The largest absolute Gasteiger partial charge is 0.304 e. The van der Waals surface area contributed by atoms with Gasteiger partial charge in [0.2, 0.25) is 0 Å². The van der Waals surface area contributed by atoms with E-state index in [-0.39, 0.29) is 5.82 Å². The maximum atomic E-state index is 14.7. The molecule has 0 N–H and O–H groups in total. The molecule has 2 aromatic carbocycles. The van der Waals surface area contributed by atoms with Crippen molar-refractivity contribution in [3.8, 4) is 11.1 Å². The number of likely N-dealkylation sites (N-methyl/N-ethyl adjacent to an activating group) is 1. The minimum Gasteiger partial charge on any atom is -0.304 e. The van der Waals surface area contributed by atoms with Gasteiger partial charge < -0.3 is 4.90 Å². The lowest BCUT2D eigenvalue weighted by atomic mass is 9.99. The molecule has 3 nitrogen and oxygen atoms in total. The van der Waals surface area contributed by atoms with Gasteiger partial charge in [-0.2, -0.15) is 0 Å². The second-order valence-electron chi connectivity index (χ2n) is 6.69. The van der Waals surface area contributed by atoms with Crippen molar-refractivity contribution in [1.29, 1.82) is 0 Å². The highest BCUT2D eigenvalue weighted by atomic mass is 35.5. The van der Waals surface area contributed by atoms with Crippen LogP contribution in [0.4, 0.5) is 10.1 Å². The first kappa shape index (κ1) is 18.8. The summed E-state index contributed by atoms with van der Waals surface area (Å²) in [5.41, 5.74) is 3.59. The molecule has 5 heteroatoms. The highest BCUT2D eigenvalue weighted by Crippen LogP contribution is 2.33. The molecule has 2 aromatic rings. The van der Waals surface area contributed by atoms with Crippen molar-refractivity contribution in [1.82, 2.24) is 9.80 Å². The minimum absolute atomic E-state index is 0.234. The Labute approximate surface area is 159 Å². The summed E-state index contributed by atoms with van der Waals surface area (Å²) in [4.78, 5) is 8.60. The van der Waals surface area contributed by atoms with E-state index in [9.17, 15) is 4.39 Å². The van der Waals surface area contributed by atoms with E-state index >= 15 is 0 Å². The number of nitrogens with zero attached hydrogens (tertiary/aromatic N) is 3. The summed E-state index contributed by atoms with van der Waals surface area (Å²) in [5.74, 6) is -0.234. The summed E-state index contributed by atoms with van der Waals surface area (Å²) in [6, 6.07) is 10.9. The SMILES string of the molecule is C=Nc1ccc(-c2ccc(CN3CCN(C)CC3)cc2F)cc1C(=C)Cl. The molecule has 0 radical (unpaired) electrons. The average molecular weight is 372 g/mol. The van der Waals surface area contributed by atoms with Gasteiger partial charge in [0.1, 0.15) is 5.82 Å². The van der Waals surface area contributed by atoms with Gasteiger partial charge in [0, 0.05) is 48.9 Å². The highest BCUT2D eigenvalue weighted by Gasteiger charge is 2.15. The van der Waals surface area contributed by atoms with Crippen LogP contribution in [-0.4, -0.2) is 49.7 Å². The zero-order valence-electron chi connectivity index (χ0n) is 15.0. The topological polar surface area (TPSA) is 18.8 Å². The molecule has 136 valence electrons. The van der Waals surface area contributed by atoms with Gasteiger partial charge in [-0.25, -0.2) is 4.39 Å². The molecule has 1 aliphatic rings. The molecule has 0 unspecified atom stereocenters. The second kappa shape index (κ2) is 8.12. The van der Waals surface area contributed by atoms with E-state index in [2.05, 4.69) is 35.1 Å². The Bertz CT molecular complexity index is 826. The standard InChI is InChI=1S/C21H23ClFN3/c1-15(22)19-13-17(5-7-21(19)24-2)18-6-4-16(12-20(18)23)14-26-10-8-25(3)9-11-26/h4-7,12-13H,1-2,8-11,14H2,3H3. The smallest absolute Gasteiger partial charge is 0.131 e. The molecule has 0 aliphatic carbocycles. The number of rotatable bonds is 5. The Morgan fingerprint density at radius 2 is 1.88 bits per heavy atom. The van der Waals surface area contributed by atoms with Crippen molar-refractivity contribution in [3.63, 3.8) is 0 Å². The summed E-state index contributed by atoms with van der Waals surface area (Å²) in [6.07, 6.45) is 0. The van der Waals surface area contributed by atoms with Crippen molar-refractivity contribution < 1.29 is 4.39 Å². The van der Waals surface area contributed by atoms with Crippen molar-refractivity contribution in [2.75, 3.05) is 33.2 Å². The average Bonchev–Trinajstić information content (AvgIpc) is 2.63. The molecule has 0 spiro atoms. The van der Waals surface area contributed by atoms with Gasteiger partial charge >= 0.3 is 0 Å². The second-order valence-corrected chi connectivity index (χ2v) is 7.14. The van der Waals surface area contributed by atoms with E-state index in [0.29, 0.717) is 21.8 Å². The number of benzene rings is 2. The Hall–Kier alpha value is -2.01. The van der Waals surface area contributed by atoms with Crippen LogP contribution in [0.25, 0.3) is 16.2 Å². The van der Waals surface area contributed by atoms with Crippen LogP contribution < -0.4 is 0 Å². The van der Waals surface area contributed by atoms with Crippen LogP contribution in [0, 0.1) is 5.82 Å². The lowest BCUT2D eigenvalue weighted by molar-refractivity contribution is 0.148. The van der Waals surface area contributed by atoms with Crippen molar-refractivity contribution in [2.24, 2.45) is 4.99 Å². The Morgan fingerprint density at radius 3 is 2.50 bits per heavy atom. The van der Waals surface area contributed by atoms with Gasteiger partial charge in [0.15, 0.2) is 0 Å². The van der Waals surface area contributed by atoms with E-state index in [1.165, 1.54) is 0 Å². The molecular formula is C21H23ClFN3. The molecule has 0 aromatic heterocycles. The number of hydrogen-bond donors (Lipinski definition) is 0. The summed E-state index contributed by atoms with van der Waals surface area (Å²) in [7, 11) is 2.13. The van der Waals surface area contributed by atoms with Gasteiger partial charge in [-0.05, 0) is 43.1 Å². The van der Waals surface area contributed by atoms with Crippen molar-refractivity contribution >= 4 is 29.0 Å². The normalized spacial score (nSPS) is 15.8. The van der Waals surface area contributed by atoms with Crippen LogP contribution in [0.1, 0.15) is 11.1 Å². The van der Waals surface area contributed by atoms with Crippen molar-refractivity contribution in [2.45, 2.75) is 6.54 Å². The Balaban J connectivity index is 1.82. The quantitative estimate of drug-likeness (QED) is 0.704. The van der Waals surface area contributed by atoms with Crippen LogP contribution in [0.2, 0.25) is 0 Å². The molecule has 3 rings (SSSR count). The van der Waals surface area contributed by atoms with Crippen LogP contribution >= 0.6 is 11.6 Å². The molecular weight excluding hydrogens is 349 g/mol. The Kier molecular flexibility index (Phi) is 5.87. The monoisotopic (exact) mass is 371 g/mol. The van der Waals surface area contributed by atoms with Crippen LogP contribution in [0.15, 0.2) is 48.0 Å². The molecule has 1 fully saturated rings. The predicted molar refractivity (Wildman–Crippen MR) is 109 cm³/mol. The van der Waals surface area contributed by atoms with Gasteiger partial charge in [0.25, 0.3) is 0 Å². The molecule has 0 bridgehead atoms. The first-order valence-corrected chi connectivity index (χ1v) is 9.01. The number of piperazine rings is 1. The molecule has 1 heterocycles. The molecule has 0 amide bonds. The number of aliphatic imine (C=N–C) groups is 1. The first-order chi connectivity index (χ1) is 12.5. The van der Waals surface area contributed by atoms with Crippen molar-refractivity contribution in [3.05, 3.63) is 59.9 Å². The van der Waals surface area contributed by atoms with Crippen LogP contribution in [0.5, 0.6) is 0 Å². The van der Waals surface area contributed by atoms with Crippen LogP contribution in [0.3, 0.4) is 0 Å². The van der Waals surface area contributed by atoms with Gasteiger partial charge in [-0.3, -0.25) is 9.89 Å². The zero-order valence-corrected chi connectivity index (χ0v) is 15.8. The van der Waals surface area contributed by atoms with Crippen LogP contribution in [-0.2, 0) is 6.54 Å². The minimum atomic E-state index is -0.234. The predicted octanol–water partition coefficient (Wildman–Crippen LogP) is 4.78. The first-order valence-electron chi connectivity index (χ1n) is 8.63. The molecule has 0 saturated carbocycles. The highest BCUT2D eigenvalue weighted by molar-refractivity contribution is 6.48. The fourth-order valence-corrected chi connectivity index (χ4v) is 3.37. The van der Waals surface area contributed by atoms with E-state index in [0.717, 1.165) is 43.9 Å². The third-order valence-corrected chi connectivity index (χ3v) is 5.01. The molecule has 0 atom stereocenters. The maximum absolute atomic E-state index is 14.7. The van der Waals surface area contributed by atoms with E-state index in [1.807, 2.05) is 18.2 Å². The number of halogens is 2. The van der Waals surface area contributed by atoms with E-state index in [4.69, 9.17) is 11.6 Å². The third kappa shape index (κ3) is 4.21. The fourth-order valence-electron chi connectivity index (χ4n) is 3.21. The maximum Gasteiger partial charge on any atom is 0.131 e. The number of hydrogen-bond acceptors (Lipinski definition) is 3. The lowest BCUT2D eigenvalue weighted by Crippen LogP contribution is -2.43. The third-order valence-electron chi connectivity index (χ3n) is 4.81. The summed E-state index contributed by atoms with van der Waals surface area (Å²) in [5, 5.41) is 0.362. The van der Waals surface area contributed by atoms with Gasteiger partial charge in [-0.15, -0.1) is 0 Å². The summed E-state index contributed by atoms with van der Waals surface area (Å²) < 4.78 is 14.7. The Morgan fingerprint density at radius 1 is 1.15 bits per heavy atom. The van der Waals surface area contributed by atoms with E-state index in [1.54, 1.807) is 18.2 Å². The summed E-state index contributed by atoms with van der Waals surface area (Å²) in [6.45, 7) is 12.2. The summed E-state index contributed by atoms with van der Waals surface area (Å²) >= 11 is 6.05. The molecule has 26 heavy (non-hydrogen) atoms. The zero-order chi connectivity index (χ0) is 18.7. The molecule has 1 saturated heterocycles. The fraction of sp³-hybridized carbons (Fsp3) is 0.286. The van der Waals surface area contributed by atoms with Gasteiger partial charge in [0.05, 0.1) is 5.69 Å².